The smallest absolute Gasteiger partial charge is 0.251 e. The van der Waals surface area contributed by atoms with Crippen molar-refractivity contribution in [2.75, 3.05) is 13.1 Å². The number of pyridine rings is 1. The first-order chi connectivity index (χ1) is 15.6. The fourth-order valence-corrected chi connectivity index (χ4v) is 5.53. The third-order valence-corrected chi connectivity index (χ3v) is 7.01. The number of nitrogens with zero attached hydrogens (tertiary/aromatic N) is 2. The fraction of sp³-hybridized carbons (Fsp3) is 0.333. The van der Waals surface area contributed by atoms with Crippen LogP contribution in [0.5, 0.6) is 0 Å². The van der Waals surface area contributed by atoms with Crippen LogP contribution in [0.4, 0.5) is 0 Å². The average Bonchev–Trinajstić information content (AvgIpc) is 2.82. The fourth-order valence-electron chi connectivity index (χ4n) is 5.53. The molecule has 3 heterocycles. The summed E-state index contributed by atoms with van der Waals surface area (Å²) in [7, 11) is 0. The minimum absolute atomic E-state index is 0. The summed E-state index contributed by atoms with van der Waals surface area (Å²) in [6, 6.07) is 25.3. The second kappa shape index (κ2) is 9.94. The molecule has 2 aromatic carbocycles. The zero-order valence-corrected chi connectivity index (χ0v) is 19.4. The van der Waals surface area contributed by atoms with Crippen molar-refractivity contribution in [1.82, 2.24) is 9.47 Å². The zero-order valence-electron chi connectivity index (χ0n) is 18.5. The van der Waals surface area contributed by atoms with E-state index < -0.39 is 6.04 Å². The molecule has 4 atom stereocenters. The molecule has 0 saturated carbocycles. The Balaban J connectivity index is 0.00000259. The Morgan fingerprint density at radius 1 is 0.909 bits per heavy atom. The Morgan fingerprint density at radius 3 is 2.27 bits per heavy atom. The zero-order chi connectivity index (χ0) is 22.1. The summed E-state index contributed by atoms with van der Waals surface area (Å²) < 4.78 is 2.00. The van der Waals surface area contributed by atoms with Crippen LogP contribution in [0.1, 0.15) is 35.2 Å². The van der Waals surface area contributed by atoms with E-state index in [4.69, 9.17) is 5.73 Å². The minimum Gasteiger partial charge on any atom is -0.340 e. The van der Waals surface area contributed by atoms with Gasteiger partial charge in [0.15, 0.2) is 0 Å². The Hall–Kier alpha value is -2.89. The SMILES string of the molecule is Cl.N[C@H](Cc1ccccc1)C(=O)N1C[C@H]2C[C@@H](C1)[C@H](Cc1ccccc1)n1c2cccc1=O. The van der Waals surface area contributed by atoms with Crippen molar-refractivity contribution in [3.8, 4) is 0 Å². The number of nitrogens with two attached hydrogens (primary N) is 1. The molecule has 2 bridgehead atoms. The minimum atomic E-state index is -0.554. The molecule has 0 unspecified atom stereocenters. The molecule has 0 spiro atoms. The monoisotopic (exact) mass is 463 g/mol. The van der Waals surface area contributed by atoms with E-state index in [-0.39, 0.29) is 41.8 Å². The van der Waals surface area contributed by atoms with Crippen LogP contribution < -0.4 is 11.3 Å². The molecule has 172 valence electrons. The predicted octanol–water partition coefficient (Wildman–Crippen LogP) is 3.57. The van der Waals surface area contributed by atoms with Crippen LogP contribution in [-0.2, 0) is 17.6 Å². The van der Waals surface area contributed by atoms with Crippen LogP contribution in [0.15, 0.2) is 83.7 Å². The van der Waals surface area contributed by atoms with Gasteiger partial charge in [0.1, 0.15) is 0 Å². The van der Waals surface area contributed by atoms with Gasteiger partial charge in [-0.15, -0.1) is 12.4 Å². The van der Waals surface area contributed by atoms with Crippen LogP contribution in [0.2, 0.25) is 0 Å². The van der Waals surface area contributed by atoms with E-state index in [2.05, 4.69) is 18.2 Å². The van der Waals surface area contributed by atoms with Crippen molar-refractivity contribution in [3.05, 3.63) is 106 Å². The van der Waals surface area contributed by atoms with Crippen LogP contribution in [-0.4, -0.2) is 34.5 Å². The van der Waals surface area contributed by atoms with Gasteiger partial charge in [0.2, 0.25) is 5.91 Å². The molecule has 6 heteroatoms. The number of amides is 1. The number of carbonyl (C=O) groups excluding carboxylic acids is 1. The molecule has 2 aliphatic heterocycles. The second-order valence-corrected chi connectivity index (χ2v) is 9.15. The second-order valence-electron chi connectivity index (χ2n) is 9.15. The Morgan fingerprint density at radius 2 is 1.58 bits per heavy atom. The van der Waals surface area contributed by atoms with Crippen molar-refractivity contribution in [3.63, 3.8) is 0 Å². The highest BCUT2D eigenvalue weighted by Gasteiger charge is 2.42. The highest BCUT2D eigenvalue weighted by Crippen LogP contribution is 2.42. The molecule has 3 aromatic rings. The van der Waals surface area contributed by atoms with E-state index in [9.17, 15) is 9.59 Å². The third kappa shape index (κ3) is 4.75. The summed E-state index contributed by atoms with van der Waals surface area (Å²) in [5.41, 5.74) is 9.74. The molecule has 1 fully saturated rings. The molecule has 1 aromatic heterocycles. The third-order valence-electron chi connectivity index (χ3n) is 7.01. The first-order valence-electron chi connectivity index (χ1n) is 11.4. The summed E-state index contributed by atoms with van der Waals surface area (Å²) in [6.45, 7) is 1.27. The normalized spacial score (nSPS) is 22.1. The number of likely N-dealkylation sites (tertiary alicyclic amines) is 1. The maximum absolute atomic E-state index is 13.3. The topological polar surface area (TPSA) is 68.3 Å². The lowest BCUT2D eigenvalue weighted by molar-refractivity contribution is -0.135. The number of hydrogen-bond acceptors (Lipinski definition) is 3. The summed E-state index contributed by atoms with van der Waals surface area (Å²) >= 11 is 0. The van der Waals surface area contributed by atoms with Gasteiger partial charge in [0, 0.05) is 36.8 Å². The van der Waals surface area contributed by atoms with E-state index in [0.717, 1.165) is 24.1 Å². The lowest BCUT2D eigenvalue weighted by Crippen LogP contribution is -2.55. The van der Waals surface area contributed by atoms with Crippen LogP contribution in [0.25, 0.3) is 0 Å². The molecule has 2 N–H and O–H groups in total. The quantitative estimate of drug-likeness (QED) is 0.629. The van der Waals surface area contributed by atoms with Crippen LogP contribution in [0, 0.1) is 5.92 Å². The summed E-state index contributed by atoms with van der Waals surface area (Å²) in [5, 5.41) is 0. The van der Waals surface area contributed by atoms with E-state index >= 15 is 0 Å². The molecule has 0 aliphatic carbocycles. The molecule has 1 amide bonds. The van der Waals surface area contributed by atoms with E-state index in [1.54, 1.807) is 6.07 Å². The maximum atomic E-state index is 13.3. The van der Waals surface area contributed by atoms with Gasteiger partial charge in [-0.2, -0.15) is 0 Å². The summed E-state index contributed by atoms with van der Waals surface area (Å²) in [4.78, 5) is 28.1. The van der Waals surface area contributed by atoms with E-state index in [1.165, 1.54) is 5.56 Å². The lowest BCUT2D eigenvalue weighted by atomic mass is 9.76. The Kier molecular flexibility index (Phi) is 7.01. The average molecular weight is 464 g/mol. The number of hydrogen-bond donors (Lipinski definition) is 1. The van der Waals surface area contributed by atoms with Gasteiger partial charge >= 0.3 is 0 Å². The van der Waals surface area contributed by atoms with Crippen molar-refractivity contribution in [2.45, 2.75) is 37.3 Å². The Labute approximate surface area is 200 Å². The maximum Gasteiger partial charge on any atom is 0.251 e. The van der Waals surface area contributed by atoms with E-state index in [0.29, 0.717) is 19.5 Å². The lowest BCUT2D eigenvalue weighted by Gasteiger charge is -2.47. The molecule has 1 saturated heterocycles. The number of aromatic nitrogens is 1. The van der Waals surface area contributed by atoms with Gasteiger partial charge in [-0.1, -0.05) is 66.7 Å². The number of halogens is 1. The highest BCUT2D eigenvalue weighted by molar-refractivity contribution is 5.85. The molecule has 0 radical (unpaired) electrons. The van der Waals surface area contributed by atoms with Gasteiger partial charge in [-0.05, 0) is 42.4 Å². The summed E-state index contributed by atoms with van der Waals surface area (Å²) in [5.74, 6) is 0.408. The van der Waals surface area contributed by atoms with Crippen molar-refractivity contribution in [2.24, 2.45) is 11.7 Å². The largest absolute Gasteiger partial charge is 0.340 e. The van der Waals surface area contributed by atoms with E-state index in [1.807, 2.05) is 64.1 Å². The predicted molar refractivity (Wildman–Crippen MR) is 133 cm³/mol. The number of piperidine rings is 1. The van der Waals surface area contributed by atoms with Gasteiger partial charge < -0.3 is 15.2 Å². The molecular weight excluding hydrogens is 434 g/mol. The molecular formula is C27H30ClN3O2. The summed E-state index contributed by atoms with van der Waals surface area (Å²) in [6.07, 6.45) is 2.32. The van der Waals surface area contributed by atoms with Gasteiger partial charge in [-0.25, -0.2) is 0 Å². The van der Waals surface area contributed by atoms with Crippen LogP contribution in [0.3, 0.4) is 0 Å². The van der Waals surface area contributed by atoms with Crippen molar-refractivity contribution >= 4 is 18.3 Å². The first-order valence-corrected chi connectivity index (χ1v) is 11.4. The van der Waals surface area contributed by atoms with Gasteiger partial charge in [0.05, 0.1) is 6.04 Å². The number of rotatable bonds is 5. The highest BCUT2D eigenvalue weighted by atomic mass is 35.5. The molecule has 33 heavy (non-hydrogen) atoms. The van der Waals surface area contributed by atoms with Gasteiger partial charge in [0.25, 0.3) is 5.56 Å². The Bertz CT molecular complexity index is 1150. The molecule has 2 aliphatic rings. The van der Waals surface area contributed by atoms with Crippen LogP contribution >= 0.6 is 12.4 Å². The van der Waals surface area contributed by atoms with Gasteiger partial charge in [-0.3, -0.25) is 9.59 Å². The number of fused-ring (bicyclic) bond motifs is 4. The number of carbonyl (C=O) groups is 1. The molecule has 5 nitrogen and oxygen atoms in total. The standard InChI is InChI=1S/C27H29N3O2.ClH/c28-23(14-19-8-3-1-4-9-19)27(32)29-17-21-16-22(18-29)25(15-20-10-5-2-6-11-20)30-24(21)12-7-13-26(30)31;/h1-13,21-23,25H,14-18,28H2;1H/t21-,22+,23-,25+;/m1./s1. The number of benzene rings is 2. The van der Waals surface area contributed by atoms with Crippen molar-refractivity contribution in [1.29, 1.82) is 0 Å². The molecule has 5 rings (SSSR count). The van der Waals surface area contributed by atoms with Crippen molar-refractivity contribution < 1.29 is 4.79 Å². The first kappa shape index (κ1) is 23.3.